The molecule has 0 unspecified atom stereocenters. The Morgan fingerprint density at radius 2 is 2.00 bits per heavy atom. The van der Waals surface area contributed by atoms with E-state index in [1.54, 1.807) is 0 Å². The van der Waals surface area contributed by atoms with Crippen LogP contribution in [-0.4, -0.2) is 18.4 Å². The molecule has 106 valence electrons. The minimum Gasteiger partial charge on any atom is -0.428 e. The predicted octanol–water partition coefficient (Wildman–Crippen LogP) is 3.94. The molecule has 0 bridgehead atoms. The van der Waals surface area contributed by atoms with Crippen LogP contribution in [0.15, 0.2) is 12.7 Å². The smallest absolute Gasteiger partial charge is 0.428 e. The summed E-state index contributed by atoms with van der Waals surface area (Å²) in [5.74, 6) is 0. The number of carbonyl (C=O) groups excluding carboxylic acids is 1. The maximum absolute atomic E-state index is 10.9. The topological polar surface area (TPSA) is 54.0 Å². The Hall–Kier alpha value is -1.07. The fourth-order valence-corrected chi connectivity index (χ4v) is 1.31. The molecule has 18 heavy (non-hydrogen) atoms. The molecule has 0 aromatic rings. The van der Waals surface area contributed by atoms with Crippen molar-refractivity contribution >= 4 is 6.16 Å². The molecule has 0 aliphatic carbocycles. The Morgan fingerprint density at radius 1 is 1.28 bits per heavy atom. The highest BCUT2D eigenvalue weighted by Gasteiger charge is 2.21. The van der Waals surface area contributed by atoms with Crippen molar-refractivity contribution < 1.29 is 24.3 Å². The van der Waals surface area contributed by atoms with Crippen molar-refractivity contribution in [2.75, 3.05) is 6.61 Å². The van der Waals surface area contributed by atoms with E-state index in [4.69, 9.17) is 4.89 Å². The van der Waals surface area contributed by atoms with Gasteiger partial charge in [0.25, 0.3) is 0 Å². The lowest BCUT2D eigenvalue weighted by atomic mass is 10.0. The van der Waals surface area contributed by atoms with Crippen molar-refractivity contribution in [2.45, 2.75) is 58.5 Å². The molecule has 0 spiro atoms. The zero-order valence-electron chi connectivity index (χ0n) is 11.6. The molecule has 0 aliphatic heterocycles. The van der Waals surface area contributed by atoms with Crippen LogP contribution >= 0.6 is 0 Å². The van der Waals surface area contributed by atoms with E-state index in [9.17, 15) is 4.79 Å². The van der Waals surface area contributed by atoms with Gasteiger partial charge in [0, 0.05) is 0 Å². The molecule has 0 aromatic carbocycles. The van der Waals surface area contributed by atoms with Crippen molar-refractivity contribution in [1.29, 1.82) is 0 Å². The quantitative estimate of drug-likeness (QED) is 0.196. The molecule has 5 nitrogen and oxygen atoms in total. The Labute approximate surface area is 109 Å². The van der Waals surface area contributed by atoms with Crippen molar-refractivity contribution in [3.63, 3.8) is 0 Å². The molecule has 0 aromatic heterocycles. The zero-order valence-corrected chi connectivity index (χ0v) is 11.6. The molecule has 5 heteroatoms. The normalized spacial score (nSPS) is 11.1. The molecule has 0 aliphatic rings. The highest BCUT2D eigenvalue weighted by Crippen LogP contribution is 2.19. The van der Waals surface area contributed by atoms with Gasteiger partial charge in [-0.2, -0.15) is 4.89 Å². The van der Waals surface area contributed by atoms with Gasteiger partial charge >= 0.3 is 6.16 Å². The summed E-state index contributed by atoms with van der Waals surface area (Å²) in [6.45, 7) is 9.37. The maximum Gasteiger partial charge on any atom is 0.542 e. The average molecular weight is 260 g/mol. The molecular formula is C13H24O5. The van der Waals surface area contributed by atoms with E-state index in [1.165, 1.54) is 18.9 Å². The van der Waals surface area contributed by atoms with Crippen molar-refractivity contribution in [3.8, 4) is 0 Å². The van der Waals surface area contributed by atoms with Crippen LogP contribution in [0.5, 0.6) is 0 Å². The molecule has 0 atom stereocenters. The number of ether oxygens (including phenoxy) is 1. The first-order chi connectivity index (χ1) is 8.52. The largest absolute Gasteiger partial charge is 0.542 e. The molecular weight excluding hydrogens is 236 g/mol. The molecule has 0 saturated heterocycles. The molecule has 0 heterocycles. The van der Waals surface area contributed by atoms with Gasteiger partial charge in [0.15, 0.2) is 0 Å². The summed E-state index contributed by atoms with van der Waals surface area (Å²) in [4.78, 5) is 20.2. The van der Waals surface area contributed by atoms with E-state index < -0.39 is 11.8 Å². The minimum absolute atomic E-state index is 0.0720. The molecule has 0 fully saturated rings. The van der Waals surface area contributed by atoms with Gasteiger partial charge in [0.1, 0.15) is 12.2 Å². The summed E-state index contributed by atoms with van der Waals surface area (Å²) in [6.07, 6.45) is 5.92. The lowest BCUT2D eigenvalue weighted by Gasteiger charge is -2.21. The van der Waals surface area contributed by atoms with Crippen LogP contribution in [0.2, 0.25) is 0 Å². The summed E-state index contributed by atoms with van der Waals surface area (Å²) in [6, 6.07) is 0. The SMILES string of the molecule is C=CCOC(=O)OOOC(C)(C)CCCCCC. The van der Waals surface area contributed by atoms with Gasteiger partial charge in [-0.1, -0.05) is 45.3 Å². The molecule has 0 amide bonds. The fourth-order valence-electron chi connectivity index (χ4n) is 1.31. The monoisotopic (exact) mass is 260 g/mol. The highest BCUT2D eigenvalue weighted by molar-refractivity contribution is 5.59. The van der Waals surface area contributed by atoms with Crippen LogP contribution in [0.25, 0.3) is 0 Å². The second-order valence-corrected chi connectivity index (χ2v) is 4.65. The number of unbranched alkanes of at least 4 members (excludes halogenated alkanes) is 3. The van der Waals surface area contributed by atoms with Gasteiger partial charge in [0.2, 0.25) is 0 Å². The van der Waals surface area contributed by atoms with Gasteiger partial charge in [-0.25, -0.2) is 9.68 Å². The first-order valence-corrected chi connectivity index (χ1v) is 6.32. The number of hydrogen-bond donors (Lipinski definition) is 0. The number of carbonyl (C=O) groups is 1. The van der Waals surface area contributed by atoms with Crippen LogP contribution < -0.4 is 0 Å². The maximum atomic E-state index is 10.9. The molecule has 0 radical (unpaired) electrons. The van der Waals surface area contributed by atoms with E-state index in [0.29, 0.717) is 0 Å². The van der Waals surface area contributed by atoms with Gasteiger partial charge in [0.05, 0.1) is 0 Å². The number of hydrogen-bond acceptors (Lipinski definition) is 5. The van der Waals surface area contributed by atoms with Gasteiger partial charge < -0.3 is 4.74 Å². The third-order valence-corrected chi connectivity index (χ3v) is 2.31. The Balaban J connectivity index is 3.62. The van der Waals surface area contributed by atoms with Crippen molar-refractivity contribution in [1.82, 2.24) is 0 Å². The summed E-state index contributed by atoms with van der Waals surface area (Å²) in [5, 5.41) is 4.41. The average Bonchev–Trinajstić information content (AvgIpc) is 2.32. The zero-order chi connectivity index (χ0) is 13.9. The highest BCUT2D eigenvalue weighted by atomic mass is 17.5. The Morgan fingerprint density at radius 3 is 2.61 bits per heavy atom. The van der Waals surface area contributed by atoms with Crippen LogP contribution in [0, 0.1) is 0 Å². The predicted molar refractivity (Wildman–Crippen MR) is 67.6 cm³/mol. The summed E-state index contributed by atoms with van der Waals surface area (Å²) < 4.78 is 4.53. The molecule has 0 saturated carbocycles. The van der Waals surface area contributed by atoms with E-state index in [0.717, 1.165) is 19.3 Å². The lowest BCUT2D eigenvalue weighted by Crippen LogP contribution is -2.25. The van der Waals surface area contributed by atoms with E-state index in [1.807, 2.05) is 13.8 Å². The second-order valence-electron chi connectivity index (χ2n) is 4.65. The summed E-state index contributed by atoms with van der Waals surface area (Å²) >= 11 is 0. The fraction of sp³-hybridized carbons (Fsp3) is 0.769. The lowest BCUT2D eigenvalue weighted by molar-refractivity contribution is -0.517. The van der Waals surface area contributed by atoms with E-state index >= 15 is 0 Å². The first kappa shape index (κ1) is 16.9. The van der Waals surface area contributed by atoms with Gasteiger partial charge in [-0.05, 0) is 25.3 Å². The van der Waals surface area contributed by atoms with Crippen LogP contribution in [0.1, 0.15) is 52.9 Å². The second kappa shape index (κ2) is 9.91. The minimum atomic E-state index is -0.948. The van der Waals surface area contributed by atoms with Gasteiger partial charge in [-0.15, -0.1) is 0 Å². The summed E-state index contributed by atoms with van der Waals surface area (Å²) in [5.41, 5.74) is -0.494. The van der Waals surface area contributed by atoms with Gasteiger partial charge in [-0.3, -0.25) is 0 Å². The summed E-state index contributed by atoms with van der Waals surface area (Å²) in [7, 11) is 0. The Bertz CT molecular complexity index is 238. The molecule has 0 N–H and O–H groups in total. The van der Waals surface area contributed by atoms with Crippen LogP contribution in [-0.2, 0) is 19.6 Å². The third kappa shape index (κ3) is 10.1. The van der Waals surface area contributed by atoms with Crippen molar-refractivity contribution in [2.24, 2.45) is 0 Å². The van der Waals surface area contributed by atoms with Crippen molar-refractivity contribution in [3.05, 3.63) is 12.7 Å². The molecule has 0 rings (SSSR count). The third-order valence-electron chi connectivity index (χ3n) is 2.31. The standard InChI is InChI=1S/C13H24O5/c1-5-7-8-9-10-13(3,4)17-18-16-12(14)15-11-6-2/h6H,2,5,7-11H2,1,3-4H3. The first-order valence-electron chi connectivity index (χ1n) is 6.32. The Kier molecular flexibility index (Phi) is 9.32. The van der Waals surface area contributed by atoms with E-state index in [2.05, 4.69) is 28.2 Å². The van der Waals surface area contributed by atoms with Crippen LogP contribution in [0.3, 0.4) is 0 Å². The number of rotatable bonds is 10. The van der Waals surface area contributed by atoms with E-state index in [-0.39, 0.29) is 6.61 Å². The van der Waals surface area contributed by atoms with Crippen LogP contribution in [0.4, 0.5) is 4.79 Å².